The molecule has 1 rings (SSSR count). The van der Waals surface area contributed by atoms with Crippen molar-refractivity contribution in [2.24, 2.45) is 0 Å². The Balaban J connectivity index is 2.26. The van der Waals surface area contributed by atoms with Crippen molar-refractivity contribution in [1.82, 2.24) is 5.32 Å². The molecule has 5 nitrogen and oxygen atoms in total. The van der Waals surface area contributed by atoms with E-state index in [1.165, 1.54) is 13.2 Å². The summed E-state index contributed by atoms with van der Waals surface area (Å²) in [4.78, 5) is 0. The quantitative estimate of drug-likeness (QED) is 0.521. The number of hydrogen-bond acceptors (Lipinski definition) is 5. The van der Waals surface area contributed by atoms with E-state index in [4.69, 9.17) is 9.52 Å². The number of rotatable bonds is 6. The molecular formula is C10H17NO4. The maximum absolute atomic E-state index is 9.58. The van der Waals surface area contributed by atoms with Crippen LogP contribution >= 0.6 is 0 Å². The topological polar surface area (TPSA) is 85.9 Å². The van der Waals surface area contributed by atoms with Crippen LogP contribution in [0.15, 0.2) is 22.8 Å². The fourth-order valence-corrected chi connectivity index (χ4v) is 1.12. The van der Waals surface area contributed by atoms with Gasteiger partial charge in [0.25, 0.3) is 0 Å². The van der Waals surface area contributed by atoms with Crippen molar-refractivity contribution >= 4 is 0 Å². The maximum atomic E-state index is 9.58. The van der Waals surface area contributed by atoms with Crippen LogP contribution in [0.4, 0.5) is 0 Å². The van der Waals surface area contributed by atoms with E-state index >= 15 is 0 Å². The summed E-state index contributed by atoms with van der Waals surface area (Å²) in [5.74, 6) is 0.478. The molecule has 0 fully saturated rings. The van der Waals surface area contributed by atoms with E-state index in [2.05, 4.69) is 5.32 Å². The normalized spacial score (nSPS) is 17.3. The molecule has 15 heavy (non-hydrogen) atoms. The molecule has 5 heteroatoms. The molecule has 0 saturated carbocycles. The maximum Gasteiger partial charge on any atom is 0.133 e. The predicted molar refractivity (Wildman–Crippen MR) is 54.2 cm³/mol. The zero-order valence-electron chi connectivity index (χ0n) is 8.68. The van der Waals surface area contributed by atoms with Crippen molar-refractivity contribution in [2.75, 3.05) is 19.7 Å². The Morgan fingerprint density at radius 2 is 2.33 bits per heavy atom. The average Bonchev–Trinajstić information content (AvgIpc) is 2.70. The summed E-state index contributed by atoms with van der Waals surface area (Å²) < 4.78 is 5.00. The van der Waals surface area contributed by atoms with Gasteiger partial charge in [-0.05, 0) is 19.1 Å². The first-order valence-electron chi connectivity index (χ1n) is 4.80. The number of aliphatic hydroxyl groups excluding tert-OH is 2. The van der Waals surface area contributed by atoms with Gasteiger partial charge in [0.05, 0.1) is 18.5 Å². The fraction of sp³-hybridized carbons (Fsp3) is 0.600. The summed E-state index contributed by atoms with van der Waals surface area (Å²) in [5.41, 5.74) is -1.16. The molecule has 0 aromatic carbocycles. The van der Waals surface area contributed by atoms with Crippen molar-refractivity contribution in [3.8, 4) is 0 Å². The van der Waals surface area contributed by atoms with Crippen molar-refractivity contribution in [1.29, 1.82) is 0 Å². The highest BCUT2D eigenvalue weighted by molar-refractivity contribution is 5.02. The van der Waals surface area contributed by atoms with E-state index < -0.39 is 11.7 Å². The van der Waals surface area contributed by atoms with Gasteiger partial charge in [0.1, 0.15) is 11.9 Å². The second-order valence-electron chi connectivity index (χ2n) is 3.82. The molecule has 0 aliphatic carbocycles. The van der Waals surface area contributed by atoms with Gasteiger partial charge in [0, 0.05) is 13.1 Å². The van der Waals surface area contributed by atoms with E-state index in [1.807, 2.05) is 0 Å². The molecule has 0 aliphatic rings. The smallest absolute Gasteiger partial charge is 0.133 e. The molecule has 0 bridgehead atoms. The van der Waals surface area contributed by atoms with Gasteiger partial charge in [0.15, 0.2) is 0 Å². The van der Waals surface area contributed by atoms with Crippen LogP contribution in [0.1, 0.15) is 18.8 Å². The minimum atomic E-state index is -1.16. The first-order valence-corrected chi connectivity index (χ1v) is 4.80. The highest BCUT2D eigenvalue weighted by Crippen LogP contribution is 2.11. The van der Waals surface area contributed by atoms with Crippen LogP contribution in [-0.2, 0) is 0 Å². The molecule has 0 spiro atoms. The van der Waals surface area contributed by atoms with E-state index in [0.29, 0.717) is 5.76 Å². The number of nitrogens with one attached hydrogen (secondary N) is 1. The predicted octanol–water partition coefficient (Wildman–Crippen LogP) is -0.354. The fourth-order valence-electron chi connectivity index (χ4n) is 1.12. The van der Waals surface area contributed by atoms with Gasteiger partial charge >= 0.3 is 0 Å². The monoisotopic (exact) mass is 215 g/mol. The van der Waals surface area contributed by atoms with Crippen LogP contribution in [0.2, 0.25) is 0 Å². The Hall–Kier alpha value is -0.880. The van der Waals surface area contributed by atoms with Crippen molar-refractivity contribution < 1.29 is 19.7 Å². The highest BCUT2D eigenvalue weighted by Gasteiger charge is 2.19. The lowest BCUT2D eigenvalue weighted by Crippen LogP contribution is -2.42. The third-order valence-corrected chi connectivity index (χ3v) is 2.06. The first-order chi connectivity index (χ1) is 7.05. The molecule has 0 amide bonds. The average molecular weight is 215 g/mol. The third-order valence-electron chi connectivity index (χ3n) is 2.06. The molecule has 2 atom stereocenters. The van der Waals surface area contributed by atoms with Crippen molar-refractivity contribution in [2.45, 2.75) is 18.6 Å². The Morgan fingerprint density at radius 1 is 1.60 bits per heavy atom. The second kappa shape index (κ2) is 5.27. The molecule has 1 aromatic heterocycles. The van der Waals surface area contributed by atoms with Crippen LogP contribution in [-0.4, -0.2) is 40.6 Å². The van der Waals surface area contributed by atoms with Crippen LogP contribution in [0.5, 0.6) is 0 Å². The standard InChI is InChI=1S/C10H17NO4/c1-10(14,7-12)6-11-5-8(13)9-3-2-4-15-9/h2-4,8,11-14H,5-7H2,1H3. The van der Waals surface area contributed by atoms with Crippen LogP contribution in [0, 0.1) is 0 Å². The lowest BCUT2D eigenvalue weighted by molar-refractivity contribution is 0.000281. The van der Waals surface area contributed by atoms with E-state index in [0.717, 1.165) is 0 Å². The van der Waals surface area contributed by atoms with Gasteiger partial charge in [-0.3, -0.25) is 0 Å². The Morgan fingerprint density at radius 3 is 2.87 bits per heavy atom. The summed E-state index contributed by atoms with van der Waals surface area (Å²) in [7, 11) is 0. The third kappa shape index (κ3) is 4.01. The SMILES string of the molecule is CC(O)(CO)CNCC(O)c1ccco1. The summed E-state index contributed by atoms with van der Waals surface area (Å²) >= 11 is 0. The summed E-state index contributed by atoms with van der Waals surface area (Å²) in [6, 6.07) is 3.37. The van der Waals surface area contributed by atoms with Gasteiger partial charge in [-0.25, -0.2) is 0 Å². The molecule has 0 saturated heterocycles. The Bertz CT molecular complexity index is 271. The van der Waals surface area contributed by atoms with Gasteiger partial charge in [-0.1, -0.05) is 0 Å². The first kappa shape index (κ1) is 12.2. The molecule has 86 valence electrons. The van der Waals surface area contributed by atoms with Gasteiger partial charge in [-0.15, -0.1) is 0 Å². The second-order valence-corrected chi connectivity index (χ2v) is 3.82. The van der Waals surface area contributed by atoms with E-state index in [1.54, 1.807) is 12.1 Å². The van der Waals surface area contributed by atoms with E-state index in [-0.39, 0.29) is 19.7 Å². The number of aliphatic hydroxyl groups is 3. The minimum Gasteiger partial charge on any atom is -0.467 e. The number of furan rings is 1. The van der Waals surface area contributed by atoms with Crippen LogP contribution in [0.25, 0.3) is 0 Å². The molecule has 0 radical (unpaired) electrons. The summed E-state index contributed by atoms with van der Waals surface area (Å²) in [6.45, 7) is 1.67. The largest absolute Gasteiger partial charge is 0.467 e. The lowest BCUT2D eigenvalue weighted by Gasteiger charge is -2.21. The molecule has 4 N–H and O–H groups in total. The molecular weight excluding hydrogens is 198 g/mol. The Kier molecular flexibility index (Phi) is 4.28. The summed E-state index contributed by atoms with van der Waals surface area (Å²) in [6.07, 6.45) is 0.747. The van der Waals surface area contributed by atoms with Gasteiger partial charge in [0.2, 0.25) is 0 Å². The zero-order chi connectivity index (χ0) is 11.3. The number of hydrogen-bond donors (Lipinski definition) is 4. The van der Waals surface area contributed by atoms with Crippen molar-refractivity contribution in [3.63, 3.8) is 0 Å². The van der Waals surface area contributed by atoms with Gasteiger partial charge in [-0.2, -0.15) is 0 Å². The highest BCUT2D eigenvalue weighted by atomic mass is 16.4. The minimum absolute atomic E-state index is 0.210. The van der Waals surface area contributed by atoms with Crippen LogP contribution < -0.4 is 5.32 Å². The molecule has 1 heterocycles. The lowest BCUT2D eigenvalue weighted by atomic mass is 10.1. The van der Waals surface area contributed by atoms with Crippen molar-refractivity contribution in [3.05, 3.63) is 24.2 Å². The molecule has 1 aromatic rings. The molecule has 0 aliphatic heterocycles. The zero-order valence-corrected chi connectivity index (χ0v) is 8.68. The van der Waals surface area contributed by atoms with E-state index in [9.17, 15) is 10.2 Å². The van der Waals surface area contributed by atoms with Crippen LogP contribution in [0.3, 0.4) is 0 Å². The molecule has 2 unspecified atom stereocenters. The summed E-state index contributed by atoms with van der Waals surface area (Å²) in [5, 5.41) is 30.6. The Labute approximate surface area is 88.3 Å². The van der Waals surface area contributed by atoms with Gasteiger partial charge < -0.3 is 25.1 Å².